The van der Waals surface area contributed by atoms with E-state index in [0.29, 0.717) is 44.4 Å². The highest BCUT2D eigenvalue weighted by Gasteiger charge is 2.19. The highest BCUT2D eigenvalue weighted by atomic mass is 16.5. The largest absolute Gasteiger partial charge is 0.492 e. The third-order valence-electron chi connectivity index (χ3n) is 7.50. The first-order chi connectivity index (χ1) is 18.9. The molecule has 0 saturated heterocycles. The molecule has 1 unspecified atom stereocenters. The standard InChI is InChI=1S/C32H46N2O5/c1-4-38-30(31(35)36)23-26-12-18-29(19-13-26)39-22-21-34(20-8-11-25-9-6-5-7-10-25)32(37)33-28-16-14-27(15-17-28)24(2)3/h12-19,24-25,30H,4-11,20-23H2,1-3H3,(H,33,37)(H,35,36). The first-order valence-corrected chi connectivity index (χ1v) is 14.6. The van der Waals surface area contributed by atoms with Crippen LogP contribution in [0.25, 0.3) is 0 Å². The highest BCUT2D eigenvalue weighted by Crippen LogP contribution is 2.27. The monoisotopic (exact) mass is 538 g/mol. The van der Waals surface area contributed by atoms with Gasteiger partial charge in [-0.25, -0.2) is 9.59 Å². The smallest absolute Gasteiger partial charge is 0.333 e. The molecule has 0 radical (unpaired) electrons. The van der Waals surface area contributed by atoms with E-state index in [1.54, 1.807) is 6.92 Å². The quantitative estimate of drug-likeness (QED) is 0.252. The summed E-state index contributed by atoms with van der Waals surface area (Å²) in [5.74, 6) is 0.953. The van der Waals surface area contributed by atoms with Gasteiger partial charge in [0.25, 0.3) is 0 Å². The number of rotatable bonds is 15. The van der Waals surface area contributed by atoms with Crippen molar-refractivity contribution in [1.82, 2.24) is 4.90 Å². The van der Waals surface area contributed by atoms with Gasteiger partial charge in [-0.15, -0.1) is 0 Å². The van der Waals surface area contributed by atoms with E-state index in [4.69, 9.17) is 9.47 Å². The van der Waals surface area contributed by atoms with Gasteiger partial charge in [0.2, 0.25) is 0 Å². The normalized spacial score (nSPS) is 14.7. The summed E-state index contributed by atoms with van der Waals surface area (Å²) in [6.07, 6.45) is 8.23. The van der Waals surface area contributed by atoms with E-state index in [1.165, 1.54) is 37.7 Å². The zero-order valence-electron chi connectivity index (χ0n) is 23.9. The molecule has 0 heterocycles. The van der Waals surface area contributed by atoms with Gasteiger partial charge in [-0.1, -0.05) is 70.2 Å². The van der Waals surface area contributed by atoms with Crippen LogP contribution in [0.5, 0.6) is 5.75 Å². The van der Waals surface area contributed by atoms with E-state index in [2.05, 4.69) is 31.3 Å². The average molecular weight is 539 g/mol. The van der Waals surface area contributed by atoms with E-state index >= 15 is 0 Å². The second-order valence-corrected chi connectivity index (χ2v) is 10.8. The summed E-state index contributed by atoms with van der Waals surface area (Å²) < 4.78 is 11.3. The van der Waals surface area contributed by atoms with Crippen molar-refractivity contribution >= 4 is 17.7 Å². The maximum absolute atomic E-state index is 13.2. The Morgan fingerprint density at radius 2 is 1.69 bits per heavy atom. The molecule has 1 saturated carbocycles. The Kier molecular flexibility index (Phi) is 12.6. The molecule has 7 nitrogen and oxygen atoms in total. The van der Waals surface area contributed by atoms with Crippen LogP contribution in [-0.2, 0) is 16.0 Å². The number of aliphatic carboxylic acids is 1. The highest BCUT2D eigenvalue weighted by molar-refractivity contribution is 5.89. The molecule has 2 N–H and O–H groups in total. The Balaban J connectivity index is 1.54. The fourth-order valence-electron chi connectivity index (χ4n) is 5.14. The maximum Gasteiger partial charge on any atom is 0.333 e. The van der Waals surface area contributed by atoms with Gasteiger partial charge in [-0.2, -0.15) is 0 Å². The number of hydrogen-bond acceptors (Lipinski definition) is 4. The number of carboxylic acid groups (broad SMARTS) is 1. The number of anilines is 1. The number of hydrogen-bond donors (Lipinski definition) is 2. The summed E-state index contributed by atoms with van der Waals surface area (Å²) in [7, 11) is 0. The van der Waals surface area contributed by atoms with E-state index < -0.39 is 12.1 Å². The van der Waals surface area contributed by atoms with Crippen LogP contribution in [0, 0.1) is 5.92 Å². The van der Waals surface area contributed by atoms with Crippen LogP contribution in [0.2, 0.25) is 0 Å². The molecule has 2 aromatic carbocycles. The number of urea groups is 1. The zero-order chi connectivity index (χ0) is 28.0. The molecule has 214 valence electrons. The maximum atomic E-state index is 13.2. The van der Waals surface area contributed by atoms with Crippen molar-refractivity contribution < 1.29 is 24.2 Å². The van der Waals surface area contributed by atoms with E-state index in [0.717, 1.165) is 30.0 Å². The van der Waals surface area contributed by atoms with Gasteiger partial charge in [0, 0.05) is 25.3 Å². The van der Waals surface area contributed by atoms with Crippen LogP contribution in [0.4, 0.5) is 10.5 Å². The van der Waals surface area contributed by atoms with Crippen LogP contribution >= 0.6 is 0 Å². The Labute approximate surface area is 233 Å². The third-order valence-corrected chi connectivity index (χ3v) is 7.50. The molecule has 39 heavy (non-hydrogen) atoms. The molecule has 1 fully saturated rings. The Hall–Kier alpha value is -3.06. The third kappa shape index (κ3) is 10.6. The SMILES string of the molecule is CCOC(Cc1ccc(OCCN(CCCC2CCCCC2)C(=O)Nc2ccc(C(C)C)cc2)cc1)C(=O)O. The number of ether oxygens (including phenoxy) is 2. The van der Waals surface area contributed by atoms with Gasteiger partial charge in [0.05, 0.1) is 6.54 Å². The summed E-state index contributed by atoms with van der Waals surface area (Å²) in [5.41, 5.74) is 2.91. The Bertz CT molecular complexity index is 1000. The molecule has 1 aliphatic rings. The van der Waals surface area contributed by atoms with Gasteiger partial charge >= 0.3 is 12.0 Å². The van der Waals surface area contributed by atoms with Crippen LogP contribution in [0.15, 0.2) is 48.5 Å². The summed E-state index contributed by atoms with van der Waals surface area (Å²) >= 11 is 0. The van der Waals surface area contributed by atoms with Crippen molar-refractivity contribution in [2.75, 3.05) is 31.6 Å². The molecule has 3 rings (SSSR count). The summed E-state index contributed by atoms with van der Waals surface area (Å²) in [4.78, 5) is 26.4. The van der Waals surface area contributed by atoms with E-state index in [9.17, 15) is 14.7 Å². The van der Waals surface area contributed by atoms with E-state index in [-0.39, 0.29) is 6.03 Å². The van der Waals surface area contributed by atoms with Crippen molar-refractivity contribution in [1.29, 1.82) is 0 Å². The van der Waals surface area contributed by atoms with Crippen molar-refractivity contribution in [2.24, 2.45) is 5.92 Å². The topological polar surface area (TPSA) is 88.1 Å². The van der Waals surface area contributed by atoms with Gasteiger partial charge < -0.3 is 24.8 Å². The second-order valence-electron chi connectivity index (χ2n) is 10.8. The van der Waals surface area contributed by atoms with Crippen LogP contribution in [0.1, 0.15) is 82.8 Å². The number of nitrogens with one attached hydrogen (secondary N) is 1. The van der Waals surface area contributed by atoms with Gasteiger partial charge in [0.15, 0.2) is 6.10 Å². The fourth-order valence-corrected chi connectivity index (χ4v) is 5.14. The number of amides is 2. The van der Waals surface area contributed by atoms with Crippen molar-refractivity contribution in [3.8, 4) is 5.75 Å². The minimum Gasteiger partial charge on any atom is -0.492 e. The summed E-state index contributed by atoms with van der Waals surface area (Å²) in [5, 5.41) is 12.4. The number of carbonyl (C=O) groups is 2. The second kappa shape index (κ2) is 16.1. The molecule has 0 aliphatic heterocycles. The molecule has 0 aromatic heterocycles. The predicted molar refractivity (Wildman–Crippen MR) is 156 cm³/mol. The lowest BCUT2D eigenvalue weighted by Crippen LogP contribution is -2.38. The number of nitrogens with zero attached hydrogens (tertiary/aromatic N) is 1. The zero-order valence-corrected chi connectivity index (χ0v) is 23.9. The number of carboxylic acids is 1. The minimum absolute atomic E-state index is 0.106. The molecule has 1 aliphatic carbocycles. The van der Waals surface area contributed by atoms with Crippen molar-refractivity contribution in [3.05, 3.63) is 59.7 Å². The lowest BCUT2D eigenvalue weighted by atomic mass is 9.86. The van der Waals surface area contributed by atoms with Crippen LogP contribution in [0.3, 0.4) is 0 Å². The van der Waals surface area contributed by atoms with Crippen molar-refractivity contribution in [3.63, 3.8) is 0 Å². The van der Waals surface area contributed by atoms with Crippen LogP contribution in [-0.4, -0.2) is 54.4 Å². The Morgan fingerprint density at radius 3 is 2.31 bits per heavy atom. The molecule has 2 aromatic rings. The Morgan fingerprint density at radius 1 is 1.00 bits per heavy atom. The molecule has 2 amide bonds. The molecule has 1 atom stereocenters. The first kappa shape index (κ1) is 30.5. The molecule has 7 heteroatoms. The molecular weight excluding hydrogens is 492 g/mol. The summed E-state index contributed by atoms with van der Waals surface area (Å²) in [6.45, 7) is 8.00. The predicted octanol–water partition coefficient (Wildman–Crippen LogP) is 7.12. The van der Waals surface area contributed by atoms with Gasteiger partial charge in [-0.05, 0) is 67.0 Å². The number of carbonyl (C=O) groups excluding carboxylic acids is 1. The first-order valence-electron chi connectivity index (χ1n) is 14.6. The lowest BCUT2D eigenvalue weighted by Gasteiger charge is -2.26. The van der Waals surface area contributed by atoms with E-state index in [1.807, 2.05) is 41.3 Å². The number of benzene rings is 2. The molecule has 0 spiro atoms. The summed E-state index contributed by atoms with van der Waals surface area (Å²) in [6, 6.07) is 15.3. The van der Waals surface area contributed by atoms with Gasteiger partial charge in [-0.3, -0.25) is 0 Å². The van der Waals surface area contributed by atoms with Gasteiger partial charge in [0.1, 0.15) is 12.4 Å². The van der Waals surface area contributed by atoms with Crippen molar-refractivity contribution in [2.45, 2.75) is 84.2 Å². The molecular formula is C32H46N2O5. The molecule has 0 bridgehead atoms. The van der Waals surface area contributed by atoms with Crippen LogP contribution < -0.4 is 10.1 Å². The fraction of sp³-hybridized carbons (Fsp3) is 0.562. The average Bonchev–Trinajstić information content (AvgIpc) is 2.93. The minimum atomic E-state index is -0.963. The lowest BCUT2D eigenvalue weighted by molar-refractivity contribution is -0.149.